The SMILES string of the molecule is CCc1cc(F)c(-c2ncnc3cc(N4CCOCC4)ccc23)cc1Cc1ccc(OCC(F)(F)F)nn1. The minimum absolute atomic E-state index is 0.217. The highest BCUT2D eigenvalue weighted by atomic mass is 19.4. The fraction of sp³-hybridized carbons (Fsp3) is 0.333. The highest BCUT2D eigenvalue weighted by Crippen LogP contribution is 2.32. The summed E-state index contributed by atoms with van der Waals surface area (Å²) in [5, 5.41) is 8.47. The maximum atomic E-state index is 15.4. The molecule has 1 saturated heterocycles. The molecule has 1 aliphatic rings. The van der Waals surface area contributed by atoms with Crippen molar-refractivity contribution in [1.82, 2.24) is 20.2 Å². The number of morpholine rings is 1. The molecular weight excluding hydrogens is 502 g/mol. The van der Waals surface area contributed by atoms with Crippen LogP contribution in [-0.4, -0.2) is 59.3 Å². The Hall–Kier alpha value is -3.86. The molecule has 0 amide bonds. The number of alkyl halides is 3. The van der Waals surface area contributed by atoms with Gasteiger partial charge in [0.05, 0.1) is 30.1 Å². The zero-order chi connectivity index (χ0) is 26.7. The van der Waals surface area contributed by atoms with Crippen molar-refractivity contribution in [1.29, 1.82) is 0 Å². The fourth-order valence-electron chi connectivity index (χ4n) is 4.48. The molecule has 0 unspecified atom stereocenters. The van der Waals surface area contributed by atoms with E-state index in [2.05, 4.69) is 29.8 Å². The molecule has 198 valence electrons. The van der Waals surface area contributed by atoms with Gasteiger partial charge in [-0.25, -0.2) is 14.4 Å². The molecule has 1 fully saturated rings. The number of fused-ring (bicyclic) bond motifs is 1. The number of hydrogen-bond acceptors (Lipinski definition) is 7. The summed E-state index contributed by atoms with van der Waals surface area (Å²) in [6.45, 7) is 3.39. The van der Waals surface area contributed by atoms with Crippen LogP contribution in [-0.2, 0) is 17.6 Å². The second-order valence-corrected chi connectivity index (χ2v) is 8.92. The van der Waals surface area contributed by atoms with Crippen molar-refractivity contribution >= 4 is 16.6 Å². The molecule has 2 aromatic heterocycles. The molecule has 0 saturated carbocycles. The van der Waals surface area contributed by atoms with Crippen LogP contribution in [0.3, 0.4) is 0 Å². The maximum Gasteiger partial charge on any atom is 0.422 e. The predicted octanol–water partition coefficient (Wildman–Crippen LogP) is 5.16. The van der Waals surface area contributed by atoms with Gasteiger partial charge < -0.3 is 14.4 Å². The van der Waals surface area contributed by atoms with E-state index in [-0.39, 0.29) is 5.88 Å². The lowest BCUT2D eigenvalue weighted by Gasteiger charge is -2.29. The highest BCUT2D eigenvalue weighted by Gasteiger charge is 2.28. The summed E-state index contributed by atoms with van der Waals surface area (Å²) in [6.07, 6.45) is -2.14. The summed E-state index contributed by atoms with van der Waals surface area (Å²) in [4.78, 5) is 11.1. The Kier molecular flexibility index (Phi) is 7.37. The van der Waals surface area contributed by atoms with Crippen LogP contribution in [0.4, 0.5) is 23.2 Å². The van der Waals surface area contributed by atoms with Crippen molar-refractivity contribution in [3.8, 4) is 17.1 Å². The van der Waals surface area contributed by atoms with Crippen molar-refractivity contribution in [3.63, 3.8) is 0 Å². The van der Waals surface area contributed by atoms with Gasteiger partial charge in [0.15, 0.2) is 6.61 Å². The first-order valence-corrected chi connectivity index (χ1v) is 12.2. The molecule has 1 aliphatic heterocycles. The van der Waals surface area contributed by atoms with Crippen LogP contribution >= 0.6 is 0 Å². The molecule has 5 rings (SSSR count). The molecule has 11 heteroatoms. The summed E-state index contributed by atoms with van der Waals surface area (Å²) < 4.78 is 62.6. The smallest absolute Gasteiger partial charge is 0.422 e. The zero-order valence-electron chi connectivity index (χ0n) is 20.6. The first kappa shape index (κ1) is 25.8. The zero-order valence-corrected chi connectivity index (χ0v) is 20.6. The lowest BCUT2D eigenvalue weighted by Crippen LogP contribution is -2.36. The first-order valence-electron chi connectivity index (χ1n) is 12.2. The van der Waals surface area contributed by atoms with E-state index >= 15 is 4.39 Å². The Labute approximate surface area is 216 Å². The molecule has 4 aromatic rings. The van der Waals surface area contributed by atoms with Gasteiger partial charge in [0, 0.05) is 42.2 Å². The first-order chi connectivity index (χ1) is 18.3. The Bertz CT molecular complexity index is 1420. The summed E-state index contributed by atoms with van der Waals surface area (Å²) >= 11 is 0. The summed E-state index contributed by atoms with van der Waals surface area (Å²) in [6, 6.07) is 12.0. The maximum absolute atomic E-state index is 15.4. The van der Waals surface area contributed by atoms with Crippen LogP contribution in [0, 0.1) is 5.82 Å². The van der Waals surface area contributed by atoms with Crippen LogP contribution in [0.25, 0.3) is 22.2 Å². The van der Waals surface area contributed by atoms with Gasteiger partial charge in [0.1, 0.15) is 12.1 Å². The summed E-state index contributed by atoms with van der Waals surface area (Å²) in [5.74, 6) is -0.615. The number of aryl methyl sites for hydroxylation is 1. The van der Waals surface area contributed by atoms with Crippen LogP contribution in [0.2, 0.25) is 0 Å². The van der Waals surface area contributed by atoms with Crippen molar-refractivity contribution in [2.45, 2.75) is 25.9 Å². The Morgan fingerprint density at radius 2 is 1.79 bits per heavy atom. The highest BCUT2D eigenvalue weighted by molar-refractivity contribution is 5.94. The summed E-state index contributed by atoms with van der Waals surface area (Å²) in [7, 11) is 0. The lowest BCUT2D eigenvalue weighted by atomic mass is 9.95. The Balaban J connectivity index is 1.45. The van der Waals surface area contributed by atoms with Gasteiger partial charge in [-0.3, -0.25) is 0 Å². The van der Waals surface area contributed by atoms with E-state index in [0.717, 1.165) is 35.3 Å². The quantitative estimate of drug-likeness (QED) is 0.308. The molecule has 0 atom stereocenters. The molecule has 0 radical (unpaired) electrons. The Morgan fingerprint density at radius 1 is 0.974 bits per heavy atom. The molecule has 7 nitrogen and oxygen atoms in total. The standard InChI is InChI=1S/C27H25F4N5O2/c1-2-17-13-23(28)22(12-18(17)11-19-3-6-25(35-34-19)38-15-27(29,30)31)26-21-5-4-20(14-24(21)32-16-33-26)36-7-9-37-10-8-36/h3-6,12-14,16H,2,7-11,15H2,1H3. The van der Waals surface area contributed by atoms with E-state index < -0.39 is 18.6 Å². The number of aromatic nitrogens is 4. The Morgan fingerprint density at radius 3 is 2.50 bits per heavy atom. The summed E-state index contributed by atoms with van der Waals surface area (Å²) in [5.41, 5.74) is 4.67. The second-order valence-electron chi connectivity index (χ2n) is 8.92. The third-order valence-corrected chi connectivity index (χ3v) is 6.37. The van der Waals surface area contributed by atoms with Crippen molar-refractivity contribution in [3.05, 3.63) is 71.4 Å². The van der Waals surface area contributed by atoms with Gasteiger partial charge in [-0.1, -0.05) is 6.92 Å². The minimum Gasteiger partial charge on any atom is -0.467 e. The van der Waals surface area contributed by atoms with Crippen LogP contribution in [0.5, 0.6) is 5.88 Å². The monoisotopic (exact) mass is 527 g/mol. The van der Waals surface area contributed by atoms with E-state index in [1.807, 2.05) is 25.1 Å². The molecule has 38 heavy (non-hydrogen) atoms. The molecule has 2 aromatic carbocycles. The fourth-order valence-corrected chi connectivity index (χ4v) is 4.48. The third-order valence-electron chi connectivity index (χ3n) is 6.37. The van der Waals surface area contributed by atoms with Gasteiger partial charge in [0.2, 0.25) is 5.88 Å². The van der Waals surface area contributed by atoms with Gasteiger partial charge >= 0.3 is 6.18 Å². The minimum atomic E-state index is -4.46. The normalized spacial score (nSPS) is 14.2. The molecule has 0 aliphatic carbocycles. The number of rotatable bonds is 7. The predicted molar refractivity (Wildman–Crippen MR) is 134 cm³/mol. The second kappa shape index (κ2) is 10.9. The number of anilines is 1. The van der Waals surface area contributed by atoms with E-state index in [0.29, 0.717) is 48.5 Å². The molecule has 3 heterocycles. The average molecular weight is 528 g/mol. The van der Waals surface area contributed by atoms with Crippen LogP contribution < -0.4 is 9.64 Å². The van der Waals surface area contributed by atoms with E-state index in [4.69, 9.17) is 4.74 Å². The number of halogens is 4. The van der Waals surface area contributed by atoms with E-state index in [1.54, 1.807) is 12.1 Å². The van der Waals surface area contributed by atoms with Crippen LogP contribution in [0.15, 0.2) is 48.8 Å². The van der Waals surface area contributed by atoms with Crippen LogP contribution in [0.1, 0.15) is 23.7 Å². The number of nitrogens with zero attached hydrogens (tertiary/aromatic N) is 5. The van der Waals surface area contributed by atoms with Crippen molar-refractivity contribution in [2.24, 2.45) is 0 Å². The molecule has 0 bridgehead atoms. The topological polar surface area (TPSA) is 73.3 Å². The van der Waals surface area contributed by atoms with E-state index in [1.165, 1.54) is 18.5 Å². The number of ether oxygens (including phenoxy) is 2. The largest absolute Gasteiger partial charge is 0.467 e. The van der Waals surface area contributed by atoms with Gasteiger partial charge in [-0.15, -0.1) is 5.10 Å². The third kappa shape index (κ3) is 5.83. The van der Waals surface area contributed by atoms with Gasteiger partial charge in [0.25, 0.3) is 0 Å². The van der Waals surface area contributed by atoms with Gasteiger partial charge in [-0.05, 0) is 53.9 Å². The molecule has 0 N–H and O–H groups in total. The lowest BCUT2D eigenvalue weighted by molar-refractivity contribution is -0.154. The van der Waals surface area contributed by atoms with E-state index in [9.17, 15) is 13.2 Å². The van der Waals surface area contributed by atoms with Crippen molar-refractivity contribution in [2.75, 3.05) is 37.8 Å². The number of hydrogen-bond donors (Lipinski definition) is 0. The van der Waals surface area contributed by atoms with Crippen molar-refractivity contribution < 1.29 is 27.0 Å². The van der Waals surface area contributed by atoms with Gasteiger partial charge in [-0.2, -0.15) is 18.3 Å². The molecule has 0 spiro atoms. The average Bonchev–Trinajstić information content (AvgIpc) is 2.93. The number of benzene rings is 2. The molecular formula is C27H25F4N5O2.